The molecule has 3 nitrogen and oxygen atoms in total. The van der Waals surface area contributed by atoms with Gasteiger partial charge in [-0.25, -0.2) is 0 Å². The van der Waals surface area contributed by atoms with Gasteiger partial charge in [0.1, 0.15) is 11.5 Å². The first-order valence-electron chi connectivity index (χ1n) is 21.3. The SMILES string of the molecule is COc1cc(/C=C/C(C)c2ccccc2)c(OCCC(C)CCCC(C)C)cc1/C=C/c1ccc(N(c2ccc(C)cc2)c2ccc(/C=C/c3ccccc3)cc2)cc1. The highest BCUT2D eigenvalue weighted by atomic mass is 16.5. The molecule has 0 aliphatic rings. The number of aryl methyl sites for hydroxylation is 1. The second kappa shape index (κ2) is 21.6. The predicted octanol–water partition coefficient (Wildman–Crippen LogP) is 15.9. The number of rotatable bonds is 19. The molecule has 0 N–H and O–H groups in total. The fourth-order valence-corrected chi connectivity index (χ4v) is 7.21. The van der Waals surface area contributed by atoms with Crippen molar-refractivity contribution in [2.75, 3.05) is 18.6 Å². The van der Waals surface area contributed by atoms with Crippen molar-refractivity contribution in [2.24, 2.45) is 11.8 Å². The van der Waals surface area contributed by atoms with Crippen LogP contribution in [0.15, 0.2) is 152 Å². The Morgan fingerprint density at radius 2 is 1.03 bits per heavy atom. The van der Waals surface area contributed by atoms with Crippen LogP contribution in [0, 0.1) is 18.8 Å². The summed E-state index contributed by atoms with van der Waals surface area (Å²) in [5.74, 6) is 3.32. The lowest BCUT2D eigenvalue weighted by Gasteiger charge is -2.26. The highest BCUT2D eigenvalue weighted by Gasteiger charge is 2.14. The molecule has 6 aromatic rings. The van der Waals surface area contributed by atoms with Gasteiger partial charge in [0.2, 0.25) is 0 Å². The Morgan fingerprint density at radius 3 is 1.61 bits per heavy atom. The van der Waals surface area contributed by atoms with E-state index in [1.54, 1.807) is 7.11 Å². The topological polar surface area (TPSA) is 21.7 Å². The third kappa shape index (κ3) is 12.7. The Balaban J connectivity index is 1.23. The van der Waals surface area contributed by atoms with Gasteiger partial charge in [-0.2, -0.15) is 0 Å². The first-order valence-corrected chi connectivity index (χ1v) is 21.3. The average Bonchev–Trinajstić information content (AvgIpc) is 3.26. The molecule has 0 saturated carbocycles. The van der Waals surface area contributed by atoms with Crippen molar-refractivity contribution in [1.82, 2.24) is 0 Å². The van der Waals surface area contributed by atoms with Crippen molar-refractivity contribution >= 4 is 47.4 Å². The van der Waals surface area contributed by atoms with Crippen LogP contribution in [0.4, 0.5) is 17.1 Å². The van der Waals surface area contributed by atoms with Gasteiger partial charge in [-0.15, -0.1) is 0 Å². The van der Waals surface area contributed by atoms with E-state index >= 15 is 0 Å². The largest absolute Gasteiger partial charge is 0.496 e. The van der Waals surface area contributed by atoms with Crippen LogP contribution in [-0.2, 0) is 0 Å². The molecule has 59 heavy (non-hydrogen) atoms. The third-order valence-electron chi connectivity index (χ3n) is 10.9. The number of anilines is 3. The molecular formula is C56H61NO2. The lowest BCUT2D eigenvalue weighted by Crippen LogP contribution is -2.09. The molecule has 6 rings (SSSR count). The highest BCUT2D eigenvalue weighted by Crippen LogP contribution is 2.36. The molecule has 0 spiro atoms. The molecule has 0 heterocycles. The van der Waals surface area contributed by atoms with E-state index in [0.717, 1.165) is 63.2 Å². The van der Waals surface area contributed by atoms with Gasteiger partial charge in [0.25, 0.3) is 0 Å². The fourth-order valence-electron chi connectivity index (χ4n) is 7.21. The number of allylic oxidation sites excluding steroid dienone is 1. The van der Waals surface area contributed by atoms with Crippen LogP contribution in [0.5, 0.6) is 11.5 Å². The quantitative estimate of drug-likeness (QED) is 0.0764. The maximum atomic E-state index is 6.59. The van der Waals surface area contributed by atoms with E-state index < -0.39 is 0 Å². The zero-order valence-corrected chi connectivity index (χ0v) is 35.9. The Bertz CT molecular complexity index is 2250. The minimum Gasteiger partial charge on any atom is -0.496 e. The van der Waals surface area contributed by atoms with Gasteiger partial charge < -0.3 is 14.4 Å². The van der Waals surface area contributed by atoms with Crippen molar-refractivity contribution in [1.29, 1.82) is 0 Å². The molecule has 302 valence electrons. The van der Waals surface area contributed by atoms with Crippen LogP contribution in [-0.4, -0.2) is 13.7 Å². The minimum atomic E-state index is 0.266. The highest BCUT2D eigenvalue weighted by molar-refractivity contribution is 5.80. The van der Waals surface area contributed by atoms with E-state index in [2.05, 4.69) is 216 Å². The summed E-state index contributed by atoms with van der Waals surface area (Å²) in [6.45, 7) is 12.0. The number of benzene rings is 6. The summed E-state index contributed by atoms with van der Waals surface area (Å²) in [7, 11) is 1.74. The monoisotopic (exact) mass is 779 g/mol. The Morgan fingerprint density at radius 1 is 0.525 bits per heavy atom. The summed E-state index contributed by atoms with van der Waals surface area (Å²) in [4.78, 5) is 2.31. The maximum Gasteiger partial charge on any atom is 0.127 e. The van der Waals surface area contributed by atoms with E-state index in [0.29, 0.717) is 12.5 Å². The van der Waals surface area contributed by atoms with Crippen molar-refractivity contribution < 1.29 is 9.47 Å². The van der Waals surface area contributed by atoms with Crippen molar-refractivity contribution in [3.05, 3.63) is 191 Å². The van der Waals surface area contributed by atoms with Crippen molar-refractivity contribution in [3.63, 3.8) is 0 Å². The maximum absolute atomic E-state index is 6.59. The molecule has 0 aromatic heterocycles. The number of methoxy groups -OCH3 is 1. The summed E-state index contributed by atoms with van der Waals surface area (Å²) in [5.41, 5.74) is 11.3. The van der Waals surface area contributed by atoms with Gasteiger partial charge in [-0.1, -0.05) is 186 Å². The van der Waals surface area contributed by atoms with E-state index in [1.807, 2.05) is 6.07 Å². The lowest BCUT2D eigenvalue weighted by atomic mass is 9.97. The molecule has 0 aliphatic carbocycles. The van der Waals surface area contributed by atoms with E-state index in [1.165, 1.54) is 36.0 Å². The number of nitrogens with zero attached hydrogens (tertiary/aromatic N) is 1. The zero-order chi connectivity index (χ0) is 41.4. The van der Waals surface area contributed by atoms with Crippen molar-refractivity contribution in [3.8, 4) is 11.5 Å². The van der Waals surface area contributed by atoms with Crippen LogP contribution in [0.1, 0.15) is 98.2 Å². The summed E-state index contributed by atoms with van der Waals surface area (Å²) in [6, 6.07) is 51.5. The molecule has 2 atom stereocenters. The molecule has 0 radical (unpaired) electrons. The van der Waals surface area contributed by atoms with Gasteiger partial charge in [0, 0.05) is 28.2 Å². The Hall–Kier alpha value is -6.06. The molecule has 0 bridgehead atoms. The second-order valence-electron chi connectivity index (χ2n) is 16.2. The third-order valence-corrected chi connectivity index (χ3v) is 10.9. The van der Waals surface area contributed by atoms with Crippen LogP contribution in [0.25, 0.3) is 30.4 Å². The van der Waals surface area contributed by atoms with Crippen molar-refractivity contribution in [2.45, 2.75) is 66.2 Å². The number of ether oxygens (including phenoxy) is 2. The van der Waals surface area contributed by atoms with Crippen LogP contribution in [0.3, 0.4) is 0 Å². The van der Waals surface area contributed by atoms with Crippen LogP contribution in [0.2, 0.25) is 0 Å². The molecule has 3 heteroatoms. The average molecular weight is 780 g/mol. The van der Waals surface area contributed by atoms with Gasteiger partial charge >= 0.3 is 0 Å². The number of hydrogen-bond donors (Lipinski definition) is 0. The van der Waals surface area contributed by atoms with Gasteiger partial charge in [-0.3, -0.25) is 0 Å². The normalized spacial score (nSPS) is 12.7. The van der Waals surface area contributed by atoms with Crippen LogP contribution >= 0.6 is 0 Å². The predicted molar refractivity (Wildman–Crippen MR) is 255 cm³/mol. The van der Waals surface area contributed by atoms with E-state index in [9.17, 15) is 0 Å². The Kier molecular flexibility index (Phi) is 15.6. The summed E-state index contributed by atoms with van der Waals surface area (Å²) in [5, 5.41) is 0. The molecular weight excluding hydrogens is 719 g/mol. The first kappa shape index (κ1) is 42.5. The molecule has 6 aromatic carbocycles. The summed E-state index contributed by atoms with van der Waals surface area (Å²) in [6.07, 6.45) is 17.8. The molecule has 0 saturated heterocycles. The van der Waals surface area contributed by atoms with E-state index in [4.69, 9.17) is 9.47 Å². The first-order chi connectivity index (χ1) is 28.7. The lowest BCUT2D eigenvalue weighted by molar-refractivity contribution is 0.275. The summed E-state index contributed by atoms with van der Waals surface area (Å²) < 4.78 is 12.6. The zero-order valence-electron chi connectivity index (χ0n) is 35.9. The van der Waals surface area contributed by atoms with Gasteiger partial charge in [0.15, 0.2) is 0 Å². The standard InChI is InChI=1S/C56H61NO2/c1-42(2)14-13-15-43(3)38-39-59-56-41-50(55(58-6)40-51(56)30-22-45(5)49-18-11-8-12-19-49)31-25-48-28-36-54(37-29-48)57(52-32-20-44(4)21-33-52)53-34-26-47(27-35-53)24-23-46-16-9-7-10-17-46/h7-12,16-37,40-43,45H,13-15,38-39H2,1-6H3/b24-23+,30-22+,31-25+. The molecule has 0 aliphatic heterocycles. The smallest absolute Gasteiger partial charge is 0.127 e. The van der Waals surface area contributed by atoms with Gasteiger partial charge in [0.05, 0.1) is 13.7 Å². The minimum absolute atomic E-state index is 0.266. The fraction of sp³-hybridized carbons (Fsp3) is 0.250. The van der Waals surface area contributed by atoms with E-state index in [-0.39, 0.29) is 5.92 Å². The molecule has 2 unspecified atom stereocenters. The summed E-state index contributed by atoms with van der Waals surface area (Å²) >= 11 is 0. The van der Waals surface area contributed by atoms with Gasteiger partial charge in [-0.05, 0) is 102 Å². The molecule has 0 fully saturated rings. The second-order valence-corrected chi connectivity index (χ2v) is 16.2. The molecule has 0 amide bonds. The number of hydrogen-bond acceptors (Lipinski definition) is 3. The van der Waals surface area contributed by atoms with Crippen LogP contribution < -0.4 is 14.4 Å². The Labute approximate surface area is 354 Å².